The van der Waals surface area contributed by atoms with Crippen LogP contribution in [0.2, 0.25) is 0 Å². The minimum atomic E-state index is 0.440. The lowest BCUT2D eigenvalue weighted by atomic mass is 9.89. The molecule has 0 spiro atoms. The van der Waals surface area contributed by atoms with Crippen LogP contribution < -0.4 is 5.32 Å². The predicted molar refractivity (Wildman–Crippen MR) is 81.4 cm³/mol. The van der Waals surface area contributed by atoms with Gasteiger partial charge in [-0.15, -0.1) is 0 Å². The van der Waals surface area contributed by atoms with Crippen LogP contribution in [0.1, 0.15) is 65.8 Å². The fourth-order valence-corrected chi connectivity index (χ4v) is 3.07. The number of hydrogen-bond donors (Lipinski definition) is 1. The van der Waals surface area contributed by atoms with Gasteiger partial charge in [0.1, 0.15) is 0 Å². The Morgan fingerprint density at radius 3 is 2.58 bits per heavy atom. The van der Waals surface area contributed by atoms with Gasteiger partial charge in [-0.1, -0.05) is 26.7 Å². The first-order chi connectivity index (χ1) is 9.06. The zero-order valence-electron chi connectivity index (χ0n) is 12.9. The molecule has 0 bridgehead atoms. The van der Waals surface area contributed by atoms with E-state index in [9.17, 15) is 0 Å². The molecule has 1 aromatic heterocycles. The maximum atomic E-state index is 4.40. The highest BCUT2D eigenvalue weighted by Crippen LogP contribution is 2.30. The minimum absolute atomic E-state index is 0.440. The van der Waals surface area contributed by atoms with E-state index in [0.717, 1.165) is 11.8 Å². The summed E-state index contributed by atoms with van der Waals surface area (Å²) in [6.45, 7) is 9.06. The third kappa shape index (κ3) is 3.99. The minimum Gasteiger partial charge on any atom is -0.380 e. The van der Waals surface area contributed by atoms with Crippen LogP contribution in [0.5, 0.6) is 0 Å². The van der Waals surface area contributed by atoms with Crippen LogP contribution in [0.3, 0.4) is 0 Å². The van der Waals surface area contributed by atoms with Gasteiger partial charge in [0.05, 0.1) is 11.9 Å². The third-order valence-corrected chi connectivity index (χ3v) is 4.46. The van der Waals surface area contributed by atoms with E-state index in [2.05, 4.69) is 44.3 Å². The van der Waals surface area contributed by atoms with Crippen molar-refractivity contribution in [3.05, 3.63) is 12.4 Å². The molecule has 19 heavy (non-hydrogen) atoms. The molecule has 0 saturated heterocycles. The van der Waals surface area contributed by atoms with Crippen molar-refractivity contribution in [2.24, 2.45) is 11.8 Å². The molecule has 1 saturated carbocycles. The van der Waals surface area contributed by atoms with Crippen molar-refractivity contribution in [1.82, 2.24) is 9.78 Å². The Morgan fingerprint density at radius 1 is 1.16 bits per heavy atom. The molecule has 1 aromatic rings. The molecular formula is C16H29N3. The second-order valence-electron chi connectivity index (χ2n) is 6.66. The molecule has 2 atom stereocenters. The van der Waals surface area contributed by atoms with Crippen LogP contribution in [0.25, 0.3) is 0 Å². The Balaban J connectivity index is 1.88. The SMILES string of the molecule is CC(C)C1CCCC(Nc2cnn(C(C)C)c2)CC1. The molecule has 1 N–H and O–H groups in total. The molecule has 3 nitrogen and oxygen atoms in total. The summed E-state index contributed by atoms with van der Waals surface area (Å²) < 4.78 is 2.02. The van der Waals surface area contributed by atoms with Gasteiger partial charge in [-0.25, -0.2) is 0 Å². The van der Waals surface area contributed by atoms with Crippen molar-refractivity contribution in [2.45, 2.75) is 71.9 Å². The quantitative estimate of drug-likeness (QED) is 0.812. The van der Waals surface area contributed by atoms with E-state index in [1.54, 1.807) is 0 Å². The maximum Gasteiger partial charge on any atom is 0.0728 e. The topological polar surface area (TPSA) is 29.9 Å². The molecule has 2 rings (SSSR count). The van der Waals surface area contributed by atoms with Crippen LogP contribution in [0.4, 0.5) is 5.69 Å². The van der Waals surface area contributed by atoms with Crippen molar-refractivity contribution < 1.29 is 0 Å². The zero-order chi connectivity index (χ0) is 13.8. The lowest BCUT2D eigenvalue weighted by Crippen LogP contribution is -2.18. The third-order valence-electron chi connectivity index (χ3n) is 4.46. The Kier molecular flexibility index (Phi) is 4.89. The highest BCUT2D eigenvalue weighted by Gasteiger charge is 2.21. The van der Waals surface area contributed by atoms with Crippen LogP contribution in [-0.2, 0) is 0 Å². The molecule has 0 aromatic carbocycles. The van der Waals surface area contributed by atoms with Crippen molar-refractivity contribution in [1.29, 1.82) is 0 Å². The Morgan fingerprint density at radius 2 is 1.95 bits per heavy atom. The fourth-order valence-electron chi connectivity index (χ4n) is 3.07. The van der Waals surface area contributed by atoms with E-state index in [1.165, 1.54) is 37.8 Å². The molecule has 3 heteroatoms. The monoisotopic (exact) mass is 263 g/mol. The van der Waals surface area contributed by atoms with Gasteiger partial charge in [0.15, 0.2) is 0 Å². The van der Waals surface area contributed by atoms with E-state index in [4.69, 9.17) is 0 Å². The highest BCUT2D eigenvalue weighted by atomic mass is 15.3. The number of nitrogens with one attached hydrogen (secondary N) is 1. The first kappa shape index (κ1) is 14.4. The maximum absolute atomic E-state index is 4.40. The average Bonchev–Trinajstić information content (AvgIpc) is 2.68. The fraction of sp³-hybridized carbons (Fsp3) is 0.812. The summed E-state index contributed by atoms with van der Waals surface area (Å²) in [5.41, 5.74) is 1.18. The summed E-state index contributed by atoms with van der Waals surface area (Å²) in [6.07, 6.45) is 10.8. The van der Waals surface area contributed by atoms with E-state index in [0.29, 0.717) is 12.1 Å². The summed E-state index contributed by atoms with van der Waals surface area (Å²) in [5.74, 6) is 1.76. The van der Waals surface area contributed by atoms with Gasteiger partial charge in [0.25, 0.3) is 0 Å². The molecule has 1 heterocycles. The standard InChI is InChI=1S/C16H29N3/c1-12(2)14-6-5-7-15(9-8-14)18-16-10-17-19(11-16)13(3)4/h10-15,18H,5-9H2,1-4H3. The van der Waals surface area contributed by atoms with Crippen molar-refractivity contribution in [2.75, 3.05) is 5.32 Å². The zero-order valence-corrected chi connectivity index (χ0v) is 12.9. The second kappa shape index (κ2) is 6.44. The number of aromatic nitrogens is 2. The van der Waals surface area contributed by atoms with Crippen LogP contribution in [-0.4, -0.2) is 15.8 Å². The molecule has 0 aliphatic heterocycles. The van der Waals surface area contributed by atoms with E-state index >= 15 is 0 Å². The van der Waals surface area contributed by atoms with Gasteiger partial charge in [-0.05, 0) is 44.9 Å². The second-order valence-corrected chi connectivity index (χ2v) is 6.66. The smallest absolute Gasteiger partial charge is 0.0728 e. The first-order valence-electron chi connectivity index (χ1n) is 7.87. The Hall–Kier alpha value is -0.990. The predicted octanol–water partition coefficient (Wildman–Crippen LogP) is 4.48. The molecular weight excluding hydrogens is 234 g/mol. The van der Waals surface area contributed by atoms with Gasteiger partial charge in [-0.3, -0.25) is 4.68 Å². The Labute approximate surface area is 117 Å². The van der Waals surface area contributed by atoms with E-state index < -0.39 is 0 Å². The van der Waals surface area contributed by atoms with E-state index in [1.807, 2.05) is 10.9 Å². The van der Waals surface area contributed by atoms with Crippen molar-refractivity contribution in [3.8, 4) is 0 Å². The average molecular weight is 263 g/mol. The van der Waals surface area contributed by atoms with Crippen LogP contribution >= 0.6 is 0 Å². The molecule has 108 valence electrons. The lowest BCUT2D eigenvalue weighted by Gasteiger charge is -2.19. The normalized spacial score (nSPS) is 24.7. The molecule has 2 unspecified atom stereocenters. The van der Waals surface area contributed by atoms with Gasteiger partial charge in [0, 0.05) is 18.3 Å². The molecule has 0 amide bonds. The molecule has 1 aliphatic rings. The van der Waals surface area contributed by atoms with Crippen LogP contribution in [0, 0.1) is 11.8 Å². The summed E-state index contributed by atoms with van der Waals surface area (Å²) >= 11 is 0. The lowest BCUT2D eigenvalue weighted by molar-refractivity contribution is 0.341. The summed E-state index contributed by atoms with van der Waals surface area (Å²) in [6, 6.07) is 1.07. The first-order valence-corrected chi connectivity index (χ1v) is 7.87. The number of rotatable bonds is 4. The molecule has 1 aliphatic carbocycles. The van der Waals surface area contributed by atoms with Crippen LogP contribution in [0.15, 0.2) is 12.4 Å². The molecule has 0 radical (unpaired) electrons. The largest absolute Gasteiger partial charge is 0.380 e. The highest BCUT2D eigenvalue weighted by molar-refractivity contribution is 5.39. The van der Waals surface area contributed by atoms with Gasteiger partial charge in [-0.2, -0.15) is 5.10 Å². The summed E-state index contributed by atoms with van der Waals surface area (Å²) in [4.78, 5) is 0. The van der Waals surface area contributed by atoms with Gasteiger partial charge < -0.3 is 5.32 Å². The number of anilines is 1. The van der Waals surface area contributed by atoms with Crippen molar-refractivity contribution >= 4 is 5.69 Å². The van der Waals surface area contributed by atoms with Gasteiger partial charge >= 0.3 is 0 Å². The van der Waals surface area contributed by atoms with Gasteiger partial charge in [0.2, 0.25) is 0 Å². The molecule has 1 fully saturated rings. The van der Waals surface area contributed by atoms with Crippen molar-refractivity contribution in [3.63, 3.8) is 0 Å². The summed E-state index contributed by atoms with van der Waals surface area (Å²) in [5, 5.41) is 8.07. The summed E-state index contributed by atoms with van der Waals surface area (Å²) in [7, 11) is 0. The van der Waals surface area contributed by atoms with E-state index in [-0.39, 0.29) is 0 Å². The number of hydrogen-bond acceptors (Lipinski definition) is 2. The number of nitrogens with zero attached hydrogens (tertiary/aromatic N) is 2. The Bertz CT molecular complexity index is 381.